The first kappa shape index (κ1) is 40.3. The summed E-state index contributed by atoms with van der Waals surface area (Å²) in [6.07, 6.45) is 44.1. The summed E-state index contributed by atoms with van der Waals surface area (Å²) in [5, 5.41) is 8.52. The van der Waals surface area contributed by atoms with E-state index in [1.165, 1.54) is 173 Å². The van der Waals surface area contributed by atoms with Crippen LogP contribution < -0.4 is 5.73 Å². The summed E-state index contributed by atoms with van der Waals surface area (Å²) in [7, 11) is 0. The van der Waals surface area contributed by atoms with Crippen molar-refractivity contribution < 1.29 is 9.90 Å². The van der Waals surface area contributed by atoms with Gasteiger partial charge in [0, 0.05) is 6.42 Å². The number of unbranched alkanes of at least 4 members (excludes halogenated alkanes) is 26. The van der Waals surface area contributed by atoms with Crippen molar-refractivity contribution in [2.24, 2.45) is 5.73 Å². The average Bonchev–Trinajstić information content (AvgIpc) is 2.93. The lowest BCUT2D eigenvalue weighted by Gasteiger charge is -2.03. The normalized spacial score (nSPS) is 11.2. The van der Waals surface area contributed by atoms with E-state index >= 15 is 0 Å². The highest BCUT2D eigenvalue weighted by atomic mass is 16.4. The van der Waals surface area contributed by atoms with Gasteiger partial charge in [-0.05, 0) is 45.1 Å². The molecule has 0 aliphatic carbocycles. The number of hydrogen-bond donors (Lipinski definition) is 2. The molecule has 0 aromatic heterocycles. The molecular weight excluding hydrogens is 478 g/mol. The number of aliphatic carboxylic acids is 1. The summed E-state index contributed by atoms with van der Waals surface area (Å²) < 4.78 is 0. The third-order valence-electron chi connectivity index (χ3n) is 7.71. The molecule has 234 valence electrons. The summed E-state index contributed by atoms with van der Waals surface area (Å²) >= 11 is 0. The Bertz CT molecular complexity index is 463. The maximum Gasteiger partial charge on any atom is 0.303 e. The Balaban J connectivity index is 0. The van der Waals surface area contributed by atoms with Gasteiger partial charge in [-0.1, -0.05) is 174 Å². The van der Waals surface area contributed by atoms with Crippen molar-refractivity contribution >= 4 is 5.97 Å². The molecule has 0 saturated carbocycles. The highest BCUT2D eigenvalue weighted by Crippen LogP contribution is 2.14. The Morgan fingerprint density at radius 2 is 0.744 bits per heavy atom. The molecule has 0 unspecified atom stereocenters. The molecule has 0 rings (SSSR count). The first-order valence-electron chi connectivity index (χ1n) is 17.8. The van der Waals surface area contributed by atoms with Crippen LogP contribution in [0.3, 0.4) is 0 Å². The first-order chi connectivity index (χ1) is 19.2. The third kappa shape index (κ3) is 44.4. The standard InChI is InChI=1S/C18H37N.C18H36O2/c1-2-3-4-5-6-7-8-9-10-11-12-13-14-15-16-17-18-19;1-2-3-4-5-6-7-8-9-10-11-12-13-14-15-16-17-18(19)20/h9-10H,2-8,11-19H2,1H3;2-17H2,1H3,(H,19,20)/b10-9-;. The Labute approximate surface area is 246 Å². The molecule has 39 heavy (non-hydrogen) atoms. The fourth-order valence-corrected chi connectivity index (χ4v) is 5.04. The molecule has 0 atom stereocenters. The molecule has 0 fully saturated rings. The van der Waals surface area contributed by atoms with E-state index < -0.39 is 5.97 Å². The van der Waals surface area contributed by atoms with Gasteiger partial charge in [-0.3, -0.25) is 4.79 Å². The first-order valence-corrected chi connectivity index (χ1v) is 17.8. The summed E-state index contributed by atoms with van der Waals surface area (Å²) in [5.74, 6) is -0.653. The minimum absolute atomic E-state index is 0.345. The molecule has 0 aromatic rings. The molecular formula is C36H73NO2. The minimum Gasteiger partial charge on any atom is -0.481 e. The molecule has 0 saturated heterocycles. The molecule has 0 aliphatic heterocycles. The van der Waals surface area contributed by atoms with Crippen molar-refractivity contribution in [1.82, 2.24) is 0 Å². The monoisotopic (exact) mass is 552 g/mol. The number of carbonyl (C=O) groups is 1. The van der Waals surface area contributed by atoms with Crippen LogP contribution in [0, 0.1) is 0 Å². The van der Waals surface area contributed by atoms with E-state index in [0.717, 1.165) is 19.4 Å². The van der Waals surface area contributed by atoms with Crippen LogP contribution in [0.1, 0.15) is 206 Å². The minimum atomic E-state index is -0.653. The van der Waals surface area contributed by atoms with E-state index in [1.54, 1.807) is 0 Å². The van der Waals surface area contributed by atoms with Gasteiger partial charge in [-0.2, -0.15) is 0 Å². The zero-order valence-electron chi connectivity index (χ0n) is 27.0. The predicted octanol–water partition coefficient (Wildman–Crippen LogP) is 12.3. The SMILES string of the molecule is CCCCCCCC/C=C\CCCCCCCCN.CCCCCCCCCCCCCCCCCC(=O)O. The molecule has 3 heteroatoms. The molecule has 0 aliphatic rings. The van der Waals surface area contributed by atoms with Crippen LogP contribution in [0.4, 0.5) is 0 Å². The highest BCUT2D eigenvalue weighted by Gasteiger charge is 1.97. The Hall–Kier alpha value is -0.830. The second kappa shape index (κ2) is 39.3. The van der Waals surface area contributed by atoms with Crippen LogP contribution in [-0.4, -0.2) is 17.6 Å². The molecule has 0 bridgehead atoms. The number of hydrogen-bond acceptors (Lipinski definition) is 2. The number of allylic oxidation sites excluding steroid dienone is 2. The lowest BCUT2D eigenvalue weighted by Crippen LogP contribution is -1.97. The van der Waals surface area contributed by atoms with Crippen molar-refractivity contribution in [3.05, 3.63) is 12.2 Å². The summed E-state index contributed by atoms with van der Waals surface area (Å²) in [5.41, 5.74) is 5.47. The molecule has 0 aromatic carbocycles. The molecule has 0 heterocycles. The number of carboxylic acid groups (broad SMARTS) is 1. The number of carboxylic acids is 1. The largest absolute Gasteiger partial charge is 0.481 e. The maximum absolute atomic E-state index is 10.3. The van der Waals surface area contributed by atoms with E-state index in [2.05, 4.69) is 26.0 Å². The molecule has 3 N–H and O–H groups in total. The van der Waals surface area contributed by atoms with Gasteiger partial charge in [0.05, 0.1) is 0 Å². The van der Waals surface area contributed by atoms with Gasteiger partial charge < -0.3 is 10.8 Å². The summed E-state index contributed by atoms with van der Waals surface area (Å²) in [6.45, 7) is 5.41. The van der Waals surface area contributed by atoms with Crippen molar-refractivity contribution in [2.75, 3.05) is 6.54 Å². The molecule has 3 nitrogen and oxygen atoms in total. The van der Waals surface area contributed by atoms with Gasteiger partial charge in [0.1, 0.15) is 0 Å². The average molecular weight is 552 g/mol. The zero-order valence-corrected chi connectivity index (χ0v) is 27.0. The third-order valence-corrected chi connectivity index (χ3v) is 7.71. The van der Waals surface area contributed by atoms with Crippen molar-refractivity contribution in [3.8, 4) is 0 Å². The number of nitrogens with two attached hydrogens (primary N) is 1. The summed E-state index contributed by atoms with van der Waals surface area (Å²) in [6, 6.07) is 0. The second-order valence-electron chi connectivity index (χ2n) is 11.8. The van der Waals surface area contributed by atoms with Crippen LogP contribution in [0.2, 0.25) is 0 Å². The smallest absolute Gasteiger partial charge is 0.303 e. The van der Waals surface area contributed by atoms with E-state index in [1.807, 2.05) is 0 Å². The predicted molar refractivity (Wildman–Crippen MR) is 176 cm³/mol. The van der Waals surface area contributed by atoms with E-state index in [-0.39, 0.29) is 0 Å². The Kier molecular flexibility index (Phi) is 40.6. The topological polar surface area (TPSA) is 63.3 Å². The van der Waals surface area contributed by atoms with Crippen molar-refractivity contribution in [1.29, 1.82) is 0 Å². The van der Waals surface area contributed by atoms with Crippen LogP contribution in [0.15, 0.2) is 12.2 Å². The lowest BCUT2D eigenvalue weighted by molar-refractivity contribution is -0.137. The highest BCUT2D eigenvalue weighted by molar-refractivity contribution is 5.66. The fourth-order valence-electron chi connectivity index (χ4n) is 5.04. The fraction of sp³-hybridized carbons (Fsp3) is 0.917. The van der Waals surface area contributed by atoms with Gasteiger partial charge in [0.25, 0.3) is 0 Å². The van der Waals surface area contributed by atoms with Gasteiger partial charge in [-0.15, -0.1) is 0 Å². The van der Waals surface area contributed by atoms with Crippen molar-refractivity contribution in [2.45, 2.75) is 206 Å². The number of rotatable bonds is 31. The second-order valence-corrected chi connectivity index (χ2v) is 11.8. The van der Waals surface area contributed by atoms with Gasteiger partial charge in [-0.25, -0.2) is 0 Å². The van der Waals surface area contributed by atoms with Gasteiger partial charge in [0.2, 0.25) is 0 Å². The molecule has 0 amide bonds. The van der Waals surface area contributed by atoms with Gasteiger partial charge >= 0.3 is 5.97 Å². The van der Waals surface area contributed by atoms with E-state index in [9.17, 15) is 4.79 Å². The van der Waals surface area contributed by atoms with Gasteiger partial charge in [0.15, 0.2) is 0 Å². The Morgan fingerprint density at radius 3 is 1.05 bits per heavy atom. The molecule has 0 spiro atoms. The van der Waals surface area contributed by atoms with Crippen LogP contribution in [0.5, 0.6) is 0 Å². The van der Waals surface area contributed by atoms with E-state index in [0.29, 0.717) is 6.42 Å². The Morgan fingerprint density at radius 1 is 0.462 bits per heavy atom. The quantitative estimate of drug-likeness (QED) is 0.0665. The van der Waals surface area contributed by atoms with Crippen LogP contribution in [-0.2, 0) is 4.79 Å². The molecule has 0 radical (unpaired) electrons. The zero-order chi connectivity index (χ0) is 28.9. The van der Waals surface area contributed by atoms with Crippen LogP contribution in [0.25, 0.3) is 0 Å². The maximum atomic E-state index is 10.3. The van der Waals surface area contributed by atoms with Crippen LogP contribution >= 0.6 is 0 Å². The lowest BCUT2D eigenvalue weighted by atomic mass is 10.0. The van der Waals surface area contributed by atoms with Crippen molar-refractivity contribution in [3.63, 3.8) is 0 Å². The summed E-state index contributed by atoms with van der Waals surface area (Å²) in [4.78, 5) is 10.3. The van der Waals surface area contributed by atoms with E-state index in [4.69, 9.17) is 10.8 Å².